The maximum Gasteiger partial charge on any atom is 0.234 e. The predicted molar refractivity (Wildman–Crippen MR) is 93.7 cm³/mol. The number of aliphatic hydroxyl groups excluding tert-OH is 2. The van der Waals surface area contributed by atoms with Gasteiger partial charge in [0.15, 0.2) is 0 Å². The monoisotopic (exact) mass is 355 g/mol. The van der Waals surface area contributed by atoms with Crippen molar-refractivity contribution in [1.82, 2.24) is 15.0 Å². The van der Waals surface area contributed by atoms with Gasteiger partial charge in [-0.25, -0.2) is 0 Å². The van der Waals surface area contributed by atoms with Crippen LogP contribution >= 0.6 is 0 Å². The van der Waals surface area contributed by atoms with Crippen LogP contribution in [0.3, 0.4) is 0 Å². The van der Waals surface area contributed by atoms with Crippen LogP contribution in [-0.2, 0) is 9.47 Å². The van der Waals surface area contributed by atoms with Crippen molar-refractivity contribution in [3.05, 3.63) is 5.82 Å². The van der Waals surface area contributed by atoms with Gasteiger partial charge in [0, 0.05) is 33.2 Å². The smallest absolute Gasteiger partial charge is 0.234 e. The van der Waals surface area contributed by atoms with Gasteiger partial charge < -0.3 is 24.6 Å². The summed E-state index contributed by atoms with van der Waals surface area (Å²) in [5, 5.41) is 18.6. The molecule has 0 atom stereocenters. The summed E-state index contributed by atoms with van der Waals surface area (Å²) < 4.78 is 10.4. The topological polar surface area (TPSA) is 104 Å². The third-order valence-electron chi connectivity index (χ3n) is 4.22. The average molecular weight is 355 g/mol. The first-order chi connectivity index (χ1) is 12.2. The van der Waals surface area contributed by atoms with E-state index in [4.69, 9.17) is 9.47 Å². The number of rotatable bonds is 11. The highest BCUT2D eigenvalue weighted by atomic mass is 16.5. The Labute approximate surface area is 148 Å². The minimum absolute atomic E-state index is 0.0420. The molecule has 0 amide bonds. The molecule has 1 aromatic heterocycles. The second-order valence-corrected chi connectivity index (χ2v) is 6.08. The maximum atomic E-state index is 9.31. The number of aromatic nitrogens is 3. The Hall–Kier alpha value is -1.55. The lowest BCUT2D eigenvalue weighted by Crippen LogP contribution is -2.34. The number of nitrogens with zero attached hydrogens (tertiary/aromatic N) is 5. The van der Waals surface area contributed by atoms with Gasteiger partial charge in [0.05, 0.1) is 13.2 Å². The van der Waals surface area contributed by atoms with Crippen LogP contribution in [-0.4, -0.2) is 79.1 Å². The highest BCUT2D eigenvalue weighted by Crippen LogP contribution is 2.33. The second-order valence-electron chi connectivity index (χ2n) is 6.08. The Morgan fingerprint density at radius 1 is 0.880 bits per heavy atom. The van der Waals surface area contributed by atoms with Crippen LogP contribution in [0.25, 0.3) is 0 Å². The van der Waals surface area contributed by atoms with Crippen molar-refractivity contribution in [2.45, 2.75) is 31.6 Å². The third-order valence-corrected chi connectivity index (χ3v) is 4.22. The number of aliphatic hydroxyl groups is 2. The molecule has 1 heterocycles. The van der Waals surface area contributed by atoms with Crippen molar-refractivity contribution in [3.8, 4) is 0 Å². The lowest BCUT2D eigenvalue weighted by molar-refractivity contribution is 0.138. The fourth-order valence-electron chi connectivity index (χ4n) is 3.04. The van der Waals surface area contributed by atoms with Gasteiger partial charge >= 0.3 is 0 Å². The molecule has 0 spiro atoms. The van der Waals surface area contributed by atoms with Gasteiger partial charge in [-0.1, -0.05) is 12.8 Å². The van der Waals surface area contributed by atoms with Crippen LogP contribution in [0, 0.1) is 0 Å². The van der Waals surface area contributed by atoms with Gasteiger partial charge in [-0.2, -0.15) is 15.0 Å². The quantitative estimate of drug-likeness (QED) is 0.544. The largest absolute Gasteiger partial charge is 0.395 e. The Morgan fingerprint density at radius 2 is 1.40 bits per heavy atom. The van der Waals surface area contributed by atoms with Crippen molar-refractivity contribution in [1.29, 1.82) is 0 Å². The van der Waals surface area contributed by atoms with Crippen LogP contribution in [0.1, 0.15) is 37.4 Å². The molecule has 1 saturated carbocycles. The number of hydrogen-bond acceptors (Lipinski definition) is 9. The molecule has 2 N–H and O–H groups in total. The Morgan fingerprint density at radius 3 is 1.88 bits per heavy atom. The first-order valence-corrected chi connectivity index (χ1v) is 8.69. The molecule has 25 heavy (non-hydrogen) atoms. The standard InChI is InChI=1S/C16H29N5O4/c1-24-11-21(12-25-2)16-18-14(13-5-3-4-6-13)17-15(19-16)20(7-9-22)8-10-23/h13,22-23H,3-12H2,1-2H3. The van der Waals surface area contributed by atoms with Crippen molar-refractivity contribution in [3.63, 3.8) is 0 Å². The van der Waals surface area contributed by atoms with Gasteiger partial charge in [-0.15, -0.1) is 0 Å². The molecule has 0 unspecified atom stereocenters. The highest BCUT2D eigenvalue weighted by molar-refractivity contribution is 5.39. The van der Waals surface area contributed by atoms with Crippen LogP contribution in [0.2, 0.25) is 0 Å². The Bertz CT molecular complexity index is 467. The van der Waals surface area contributed by atoms with E-state index >= 15 is 0 Å². The first-order valence-electron chi connectivity index (χ1n) is 8.69. The first kappa shape index (κ1) is 19.8. The van der Waals surface area contributed by atoms with Crippen LogP contribution < -0.4 is 9.80 Å². The van der Waals surface area contributed by atoms with Crippen LogP contribution in [0.15, 0.2) is 0 Å². The van der Waals surface area contributed by atoms with E-state index in [9.17, 15) is 10.2 Å². The molecular formula is C16H29N5O4. The lowest BCUT2D eigenvalue weighted by atomic mass is 10.1. The molecule has 1 fully saturated rings. The number of ether oxygens (including phenoxy) is 2. The summed E-state index contributed by atoms with van der Waals surface area (Å²) in [4.78, 5) is 17.3. The van der Waals surface area contributed by atoms with E-state index in [1.165, 1.54) is 12.8 Å². The molecular weight excluding hydrogens is 326 g/mol. The molecule has 0 aliphatic heterocycles. The summed E-state index contributed by atoms with van der Waals surface area (Å²) >= 11 is 0. The molecule has 0 aromatic carbocycles. The normalized spacial score (nSPS) is 14.9. The molecule has 1 aromatic rings. The maximum absolute atomic E-state index is 9.31. The molecule has 0 radical (unpaired) electrons. The number of methoxy groups -OCH3 is 2. The van der Waals surface area contributed by atoms with E-state index in [1.807, 2.05) is 0 Å². The van der Waals surface area contributed by atoms with Crippen molar-refractivity contribution < 1.29 is 19.7 Å². The van der Waals surface area contributed by atoms with E-state index < -0.39 is 0 Å². The van der Waals surface area contributed by atoms with E-state index in [2.05, 4.69) is 15.0 Å². The van der Waals surface area contributed by atoms with E-state index in [0.29, 0.717) is 44.4 Å². The predicted octanol–water partition coefficient (Wildman–Crippen LogP) is 0.334. The summed E-state index contributed by atoms with van der Waals surface area (Å²) in [5.41, 5.74) is 0. The SMILES string of the molecule is COCN(COC)c1nc(C2CCCC2)nc(N(CCO)CCO)n1. The van der Waals surface area contributed by atoms with E-state index in [0.717, 1.165) is 18.7 Å². The van der Waals surface area contributed by atoms with E-state index in [-0.39, 0.29) is 13.2 Å². The molecule has 1 aliphatic rings. The van der Waals surface area contributed by atoms with Crippen LogP contribution in [0.5, 0.6) is 0 Å². The van der Waals surface area contributed by atoms with Gasteiger partial charge in [0.25, 0.3) is 0 Å². The summed E-state index contributed by atoms with van der Waals surface area (Å²) in [6.07, 6.45) is 4.49. The lowest BCUT2D eigenvalue weighted by Gasteiger charge is -2.25. The number of anilines is 2. The van der Waals surface area contributed by atoms with Crippen molar-refractivity contribution in [2.24, 2.45) is 0 Å². The molecule has 2 rings (SSSR count). The van der Waals surface area contributed by atoms with E-state index in [1.54, 1.807) is 24.0 Å². The van der Waals surface area contributed by atoms with Crippen molar-refractivity contribution in [2.75, 3.05) is 63.8 Å². The fraction of sp³-hybridized carbons (Fsp3) is 0.812. The van der Waals surface area contributed by atoms with Gasteiger partial charge in [-0.05, 0) is 12.8 Å². The zero-order valence-corrected chi connectivity index (χ0v) is 15.1. The van der Waals surface area contributed by atoms with Gasteiger partial charge in [-0.3, -0.25) is 4.90 Å². The molecule has 9 nitrogen and oxygen atoms in total. The molecule has 9 heteroatoms. The molecule has 1 aliphatic carbocycles. The minimum Gasteiger partial charge on any atom is -0.395 e. The fourth-order valence-corrected chi connectivity index (χ4v) is 3.04. The Kier molecular flexibility index (Phi) is 8.26. The van der Waals surface area contributed by atoms with Gasteiger partial charge in [0.1, 0.15) is 19.3 Å². The Balaban J connectivity index is 2.38. The number of hydrogen-bond donors (Lipinski definition) is 2. The van der Waals surface area contributed by atoms with Gasteiger partial charge in [0.2, 0.25) is 11.9 Å². The zero-order chi connectivity index (χ0) is 18.1. The van der Waals surface area contributed by atoms with Crippen LogP contribution in [0.4, 0.5) is 11.9 Å². The summed E-state index contributed by atoms with van der Waals surface area (Å²) in [5.74, 6) is 2.02. The molecule has 142 valence electrons. The molecule has 0 bridgehead atoms. The minimum atomic E-state index is -0.0420. The van der Waals surface area contributed by atoms with Crippen molar-refractivity contribution >= 4 is 11.9 Å². The average Bonchev–Trinajstić information content (AvgIpc) is 3.16. The molecule has 0 saturated heterocycles. The summed E-state index contributed by atoms with van der Waals surface area (Å²) in [7, 11) is 3.21. The highest BCUT2D eigenvalue weighted by Gasteiger charge is 2.24. The summed E-state index contributed by atoms with van der Waals surface area (Å²) in [6.45, 7) is 1.20. The summed E-state index contributed by atoms with van der Waals surface area (Å²) in [6, 6.07) is 0. The second kappa shape index (κ2) is 10.4. The third kappa shape index (κ3) is 5.46. The zero-order valence-electron chi connectivity index (χ0n) is 15.1.